The molecule has 1 aliphatic carbocycles. The third-order valence-electron chi connectivity index (χ3n) is 5.76. The molecule has 5 rings (SSSR count). The molecule has 0 N–H and O–H groups in total. The number of methoxy groups -OCH3 is 1. The first-order valence-corrected chi connectivity index (χ1v) is 9.71. The summed E-state index contributed by atoms with van der Waals surface area (Å²) in [6.45, 7) is 0. The molecule has 0 bridgehead atoms. The van der Waals surface area contributed by atoms with Gasteiger partial charge in [-0.1, -0.05) is 89.9 Å². The zero-order chi connectivity index (χ0) is 18.6. The highest BCUT2D eigenvalue weighted by Gasteiger charge is 2.84. The van der Waals surface area contributed by atoms with E-state index in [1.807, 2.05) is 60.7 Å². The molecule has 0 amide bonds. The summed E-state index contributed by atoms with van der Waals surface area (Å²) in [5.41, 5.74) is 2.33. The van der Waals surface area contributed by atoms with Crippen molar-refractivity contribution in [2.75, 3.05) is 7.11 Å². The quantitative estimate of drug-likeness (QED) is 0.511. The molecule has 0 aromatic heterocycles. The predicted molar refractivity (Wildman–Crippen MR) is 108 cm³/mol. The lowest BCUT2D eigenvalue weighted by molar-refractivity contribution is 0.134. The maximum atomic E-state index is 6.95. The van der Waals surface area contributed by atoms with Crippen LogP contribution in [0.1, 0.15) is 22.6 Å². The standard InChI is InChI=1S/C23H18Cl2O2/c1-26-19-14-8-6-12-17(19)22-21(23(22,24)25)20(15-9-3-2-4-10-15)16-11-5-7-13-18(16)27-22/h2-14,20-21H,1H3/t20-,21+,22-/m0/s1. The minimum atomic E-state index is -1.07. The maximum Gasteiger partial charge on any atom is 0.177 e. The number of benzene rings is 3. The van der Waals surface area contributed by atoms with Crippen molar-refractivity contribution in [1.29, 1.82) is 0 Å². The summed E-state index contributed by atoms with van der Waals surface area (Å²) in [6, 6.07) is 26.3. The normalized spacial score (nSPS) is 27.1. The minimum Gasteiger partial charge on any atom is -0.496 e. The Hall–Kier alpha value is -2.16. The Bertz CT molecular complexity index is 1000. The summed E-state index contributed by atoms with van der Waals surface area (Å²) in [4.78, 5) is 0. The van der Waals surface area contributed by atoms with Crippen LogP contribution in [0.3, 0.4) is 0 Å². The molecule has 0 saturated heterocycles. The SMILES string of the molecule is COc1ccccc1[C@]12Oc3ccccc3[C@H](c3ccccc3)[C@H]1C2(Cl)Cl. The largest absolute Gasteiger partial charge is 0.496 e. The lowest BCUT2D eigenvalue weighted by Gasteiger charge is -2.32. The third-order valence-corrected chi connectivity index (χ3v) is 6.80. The first-order valence-electron chi connectivity index (χ1n) is 8.95. The molecule has 1 aliphatic heterocycles. The van der Waals surface area contributed by atoms with Gasteiger partial charge in [-0.3, -0.25) is 0 Å². The second kappa shape index (κ2) is 5.92. The van der Waals surface area contributed by atoms with Gasteiger partial charge in [-0.15, -0.1) is 0 Å². The van der Waals surface area contributed by atoms with Gasteiger partial charge in [0.15, 0.2) is 9.93 Å². The van der Waals surface area contributed by atoms with Crippen LogP contribution in [0.25, 0.3) is 0 Å². The summed E-state index contributed by atoms with van der Waals surface area (Å²) >= 11 is 13.9. The Labute approximate surface area is 168 Å². The molecule has 3 aromatic rings. The van der Waals surface area contributed by atoms with Crippen LogP contribution in [0.2, 0.25) is 0 Å². The van der Waals surface area contributed by atoms with Gasteiger partial charge in [-0.25, -0.2) is 0 Å². The minimum absolute atomic E-state index is 0.0380. The van der Waals surface area contributed by atoms with E-state index in [0.29, 0.717) is 0 Å². The maximum absolute atomic E-state index is 6.95. The molecule has 1 heterocycles. The predicted octanol–water partition coefficient (Wildman–Crippen LogP) is 5.92. The van der Waals surface area contributed by atoms with E-state index in [2.05, 4.69) is 18.2 Å². The number of alkyl halides is 2. The van der Waals surface area contributed by atoms with E-state index in [4.69, 9.17) is 32.7 Å². The van der Waals surface area contributed by atoms with Crippen LogP contribution in [-0.2, 0) is 5.60 Å². The van der Waals surface area contributed by atoms with Gasteiger partial charge < -0.3 is 9.47 Å². The number of para-hydroxylation sites is 2. The van der Waals surface area contributed by atoms with Gasteiger partial charge in [0.25, 0.3) is 0 Å². The number of halogens is 2. The summed E-state index contributed by atoms with van der Waals surface area (Å²) in [6.07, 6.45) is 0. The van der Waals surface area contributed by atoms with Crippen LogP contribution in [0.4, 0.5) is 0 Å². The lowest BCUT2D eigenvalue weighted by Crippen LogP contribution is -2.29. The molecule has 3 atom stereocenters. The molecule has 0 radical (unpaired) electrons. The zero-order valence-electron chi connectivity index (χ0n) is 14.7. The van der Waals surface area contributed by atoms with E-state index < -0.39 is 9.93 Å². The van der Waals surface area contributed by atoms with Crippen LogP contribution in [0.5, 0.6) is 11.5 Å². The van der Waals surface area contributed by atoms with E-state index >= 15 is 0 Å². The van der Waals surface area contributed by atoms with E-state index in [9.17, 15) is 0 Å². The van der Waals surface area contributed by atoms with E-state index in [-0.39, 0.29) is 11.8 Å². The monoisotopic (exact) mass is 396 g/mol. The molecule has 4 heteroatoms. The van der Waals surface area contributed by atoms with E-state index in [1.165, 1.54) is 5.56 Å². The number of hydrogen-bond acceptors (Lipinski definition) is 2. The van der Waals surface area contributed by atoms with E-state index in [1.54, 1.807) is 7.11 Å². The molecular formula is C23H18Cl2O2. The molecule has 2 aliphatic rings. The van der Waals surface area contributed by atoms with Crippen molar-refractivity contribution in [2.24, 2.45) is 5.92 Å². The van der Waals surface area contributed by atoms with Crippen molar-refractivity contribution in [3.05, 3.63) is 95.6 Å². The highest BCUT2D eigenvalue weighted by molar-refractivity contribution is 6.52. The van der Waals surface area contributed by atoms with Gasteiger partial charge in [-0.2, -0.15) is 0 Å². The highest BCUT2D eigenvalue weighted by Crippen LogP contribution is 2.78. The van der Waals surface area contributed by atoms with E-state index in [0.717, 1.165) is 22.6 Å². The number of rotatable bonds is 3. The summed E-state index contributed by atoms with van der Waals surface area (Å²) in [5, 5.41) is 0. The smallest absolute Gasteiger partial charge is 0.177 e. The molecule has 1 fully saturated rings. The van der Waals surface area contributed by atoms with Crippen molar-refractivity contribution < 1.29 is 9.47 Å². The Morgan fingerprint density at radius 3 is 2.30 bits per heavy atom. The molecule has 27 heavy (non-hydrogen) atoms. The molecule has 3 aromatic carbocycles. The van der Waals surface area contributed by atoms with Crippen molar-refractivity contribution in [2.45, 2.75) is 15.9 Å². The van der Waals surface area contributed by atoms with Crippen molar-refractivity contribution in [3.8, 4) is 11.5 Å². The van der Waals surface area contributed by atoms with Gasteiger partial charge in [0.1, 0.15) is 11.5 Å². The Morgan fingerprint density at radius 2 is 1.52 bits per heavy atom. The van der Waals surface area contributed by atoms with Crippen molar-refractivity contribution >= 4 is 23.2 Å². The molecule has 0 spiro atoms. The van der Waals surface area contributed by atoms with Crippen LogP contribution in [-0.4, -0.2) is 11.4 Å². The van der Waals surface area contributed by atoms with Gasteiger partial charge >= 0.3 is 0 Å². The Morgan fingerprint density at radius 1 is 0.852 bits per heavy atom. The van der Waals surface area contributed by atoms with Gasteiger partial charge in [0.05, 0.1) is 13.0 Å². The molecular weight excluding hydrogens is 379 g/mol. The van der Waals surface area contributed by atoms with Gasteiger partial charge in [0.2, 0.25) is 0 Å². The molecule has 0 unspecified atom stereocenters. The topological polar surface area (TPSA) is 18.5 Å². The Kier molecular flexibility index (Phi) is 3.72. The Balaban J connectivity index is 1.76. The fourth-order valence-corrected chi connectivity index (χ4v) is 5.52. The van der Waals surface area contributed by atoms with Crippen LogP contribution < -0.4 is 9.47 Å². The second-order valence-corrected chi connectivity index (χ2v) is 8.45. The number of hydrogen-bond donors (Lipinski definition) is 0. The van der Waals surface area contributed by atoms with Gasteiger partial charge in [-0.05, 0) is 17.7 Å². The third kappa shape index (κ3) is 2.20. The lowest BCUT2D eigenvalue weighted by atomic mass is 9.82. The first-order chi connectivity index (χ1) is 13.1. The fourth-order valence-electron chi connectivity index (χ4n) is 4.55. The zero-order valence-corrected chi connectivity index (χ0v) is 16.2. The molecule has 2 nitrogen and oxygen atoms in total. The first kappa shape index (κ1) is 17.0. The molecule has 136 valence electrons. The second-order valence-electron chi connectivity index (χ2n) is 7.06. The van der Waals surface area contributed by atoms with Crippen LogP contribution >= 0.6 is 23.2 Å². The van der Waals surface area contributed by atoms with Crippen molar-refractivity contribution in [3.63, 3.8) is 0 Å². The van der Waals surface area contributed by atoms with Crippen molar-refractivity contribution in [1.82, 2.24) is 0 Å². The number of ether oxygens (including phenoxy) is 2. The summed E-state index contributed by atoms with van der Waals surface area (Å²) < 4.78 is 11.1. The average Bonchev–Trinajstić information content (AvgIpc) is 3.22. The van der Waals surface area contributed by atoms with Crippen LogP contribution in [0, 0.1) is 5.92 Å². The molecule has 1 saturated carbocycles. The highest BCUT2D eigenvalue weighted by atomic mass is 35.5. The average molecular weight is 397 g/mol. The summed E-state index contributed by atoms with van der Waals surface area (Å²) in [7, 11) is 1.66. The van der Waals surface area contributed by atoms with Crippen LogP contribution in [0.15, 0.2) is 78.9 Å². The summed E-state index contributed by atoms with van der Waals surface area (Å²) in [5.74, 6) is 1.46. The number of fused-ring (bicyclic) bond motifs is 2. The van der Waals surface area contributed by atoms with Gasteiger partial charge in [0, 0.05) is 17.0 Å². The fraction of sp³-hybridized carbons (Fsp3) is 0.217.